The zero-order valence-corrected chi connectivity index (χ0v) is 12.7. The van der Waals surface area contributed by atoms with E-state index in [1.807, 2.05) is 38.1 Å². The maximum atomic E-state index is 10.6. The molecular weight excluding hydrogens is 246 g/mol. The lowest BCUT2D eigenvalue weighted by Crippen LogP contribution is -2.03. The molecule has 2 nitrogen and oxygen atoms in total. The minimum Gasteiger partial charge on any atom is -0.384 e. The van der Waals surface area contributed by atoms with Crippen molar-refractivity contribution in [3.8, 4) is 0 Å². The van der Waals surface area contributed by atoms with Crippen molar-refractivity contribution in [2.75, 3.05) is 0 Å². The van der Waals surface area contributed by atoms with Crippen molar-refractivity contribution in [2.24, 2.45) is 5.92 Å². The lowest BCUT2D eigenvalue weighted by Gasteiger charge is -2.14. The lowest BCUT2D eigenvalue weighted by molar-refractivity contribution is 0.220. The molecule has 2 rings (SSSR count). The topological polar surface area (TPSA) is 33.1 Å². The van der Waals surface area contributed by atoms with Gasteiger partial charge in [-0.2, -0.15) is 0 Å². The SMILES string of the molecule is Cc1cc(C(O)c2cccc(CC(C)C)c2)cc(C)n1. The molecule has 1 atom stereocenters. The number of aryl methyl sites for hydroxylation is 2. The molecule has 0 aliphatic carbocycles. The number of hydrogen-bond acceptors (Lipinski definition) is 2. The van der Waals surface area contributed by atoms with Crippen molar-refractivity contribution in [3.63, 3.8) is 0 Å². The number of benzene rings is 1. The molecule has 0 saturated heterocycles. The molecule has 0 aliphatic heterocycles. The Hall–Kier alpha value is -1.67. The van der Waals surface area contributed by atoms with Crippen molar-refractivity contribution < 1.29 is 5.11 Å². The summed E-state index contributed by atoms with van der Waals surface area (Å²) in [6.45, 7) is 8.33. The Balaban J connectivity index is 2.30. The Kier molecular flexibility index (Phi) is 4.56. The summed E-state index contributed by atoms with van der Waals surface area (Å²) in [7, 11) is 0. The van der Waals surface area contributed by atoms with Crippen molar-refractivity contribution in [2.45, 2.75) is 40.2 Å². The standard InChI is InChI=1S/C18H23NO/c1-12(2)8-15-6-5-7-16(11-15)18(20)17-9-13(3)19-14(4)10-17/h5-7,9-12,18,20H,8H2,1-4H3. The molecule has 0 radical (unpaired) electrons. The van der Waals surface area contributed by atoms with Crippen LogP contribution in [0.2, 0.25) is 0 Å². The number of nitrogens with zero attached hydrogens (tertiary/aromatic N) is 1. The molecule has 2 heteroatoms. The van der Waals surface area contributed by atoms with E-state index >= 15 is 0 Å². The summed E-state index contributed by atoms with van der Waals surface area (Å²) in [5.41, 5.74) is 5.03. The Morgan fingerprint density at radius 1 is 1.00 bits per heavy atom. The molecule has 106 valence electrons. The van der Waals surface area contributed by atoms with Crippen molar-refractivity contribution in [1.82, 2.24) is 4.98 Å². The number of pyridine rings is 1. The van der Waals surface area contributed by atoms with Crippen LogP contribution in [-0.2, 0) is 6.42 Å². The molecule has 1 N–H and O–H groups in total. The van der Waals surface area contributed by atoms with E-state index in [1.165, 1.54) is 5.56 Å². The first-order valence-corrected chi connectivity index (χ1v) is 7.18. The first-order valence-electron chi connectivity index (χ1n) is 7.18. The summed E-state index contributed by atoms with van der Waals surface area (Å²) < 4.78 is 0. The van der Waals surface area contributed by atoms with Crippen molar-refractivity contribution in [1.29, 1.82) is 0 Å². The van der Waals surface area contributed by atoms with Gasteiger partial charge in [0, 0.05) is 11.4 Å². The van der Waals surface area contributed by atoms with Gasteiger partial charge in [0.05, 0.1) is 0 Å². The molecule has 1 aromatic heterocycles. The van der Waals surface area contributed by atoms with Crippen LogP contribution >= 0.6 is 0 Å². The van der Waals surface area contributed by atoms with Gasteiger partial charge in [0.1, 0.15) is 6.10 Å². The summed E-state index contributed by atoms with van der Waals surface area (Å²) in [6.07, 6.45) is 0.456. The van der Waals surface area contributed by atoms with E-state index in [2.05, 4.69) is 31.0 Å². The highest BCUT2D eigenvalue weighted by Gasteiger charge is 2.12. The van der Waals surface area contributed by atoms with E-state index in [0.29, 0.717) is 5.92 Å². The summed E-state index contributed by atoms with van der Waals surface area (Å²) >= 11 is 0. The minimum absolute atomic E-state index is 0.581. The highest BCUT2D eigenvalue weighted by molar-refractivity contribution is 5.34. The average Bonchev–Trinajstić information content (AvgIpc) is 2.36. The van der Waals surface area contributed by atoms with Crippen LogP contribution in [0.3, 0.4) is 0 Å². The molecule has 0 saturated carbocycles. The third-order valence-electron chi connectivity index (χ3n) is 3.33. The van der Waals surface area contributed by atoms with Crippen LogP contribution in [0.25, 0.3) is 0 Å². The fourth-order valence-corrected chi connectivity index (χ4v) is 2.58. The Labute approximate surface area is 121 Å². The second kappa shape index (κ2) is 6.19. The van der Waals surface area contributed by atoms with Gasteiger partial charge in [0.15, 0.2) is 0 Å². The fraction of sp³-hybridized carbons (Fsp3) is 0.389. The van der Waals surface area contributed by atoms with Crippen LogP contribution < -0.4 is 0 Å². The van der Waals surface area contributed by atoms with Crippen LogP contribution in [0.15, 0.2) is 36.4 Å². The van der Waals surface area contributed by atoms with Crippen molar-refractivity contribution >= 4 is 0 Å². The number of hydrogen-bond donors (Lipinski definition) is 1. The first kappa shape index (κ1) is 14.7. The number of rotatable bonds is 4. The second-order valence-corrected chi connectivity index (χ2v) is 5.93. The van der Waals surface area contributed by atoms with Crippen LogP contribution in [-0.4, -0.2) is 10.1 Å². The molecule has 1 heterocycles. The van der Waals surface area contributed by atoms with E-state index in [9.17, 15) is 5.11 Å². The van der Waals surface area contributed by atoms with Gasteiger partial charge in [-0.3, -0.25) is 4.98 Å². The van der Waals surface area contributed by atoms with Gasteiger partial charge in [-0.05, 0) is 55.0 Å². The quantitative estimate of drug-likeness (QED) is 0.910. The highest BCUT2D eigenvalue weighted by atomic mass is 16.3. The van der Waals surface area contributed by atoms with E-state index in [-0.39, 0.29) is 0 Å². The highest BCUT2D eigenvalue weighted by Crippen LogP contribution is 2.24. The smallest absolute Gasteiger partial charge is 0.104 e. The van der Waals surface area contributed by atoms with E-state index in [0.717, 1.165) is 28.9 Å². The van der Waals surface area contributed by atoms with Crippen LogP contribution in [0.4, 0.5) is 0 Å². The molecule has 0 bridgehead atoms. The summed E-state index contributed by atoms with van der Waals surface area (Å²) in [4.78, 5) is 4.36. The number of aromatic nitrogens is 1. The zero-order chi connectivity index (χ0) is 14.7. The molecular formula is C18H23NO. The Morgan fingerprint density at radius 2 is 1.65 bits per heavy atom. The third-order valence-corrected chi connectivity index (χ3v) is 3.33. The summed E-state index contributed by atoms with van der Waals surface area (Å²) in [5.74, 6) is 0.618. The van der Waals surface area contributed by atoms with Gasteiger partial charge in [0.2, 0.25) is 0 Å². The maximum absolute atomic E-state index is 10.6. The molecule has 2 aromatic rings. The molecule has 0 fully saturated rings. The van der Waals surface area contributed by atoms with Gasteiger partial charge < -0.3 is 5.11 Å². The lowest BCUT2D eigenvalue weighted by atomic mass is 9.96. The van der Waals surface area contributed by atoms with Gasteiger partial charge in [-0.1, -0.05) is 38.1 Å². The molecule has 20 heavy (non-hydrogen) atoms. The monoisotopic (exact) mass is 269 g/mol. The van der Waals surface area contributed by atoms with E-state index in [1.54, 1.807) is 0 Å². The predicted octanol–water partition coefficient (Wildman–Crippen LogP) is 3.98. The van der Waals surface area contributed by atoms with Gasteiger partial charge in [-0.25, -0.2) is 0 Å². The Morgan fingerprint density at radius 3 is 2.25 bits per heavy atom. The summed E-state index contributed by atoms with van der Waals surface area (Å²) in [5, 5.41) is 10.6. The van der Waals surface area contributed by atoms with E-state index in [4.69, 9.17) is 0 Å². The Bertz CT molecular complexity index is 569. The third kappa shape index (κ3) is 3.67. The maximum Gasteiger partial charge on any atom is 0.104 e. The van der Waals surface area contributed by atoms with Gasteiger partial charge in [0.25, 0.3) is 0 Å². The van der Waals surface area contributed by atoms with Crippen molar-refractivity contribution in [3.05, 3.63) is 64.5 Å². The molecule has 1 aromatic carbocycles. The first-order chi connectivity index (χ1) is 9.45. The zero-order valence-electron chi connectivity index (χ0n) is 12.7. The van der Waals surface area contributed by atoms with E-state index < -0.39 is 6.10 Å². The molecule has 0 spiro atoms. The second-order valence-electron chi connectivity index (χ2n) is 5.93. The molecule has 1 unspecified atom stereocenters. The van der Waals surface area contributed by atoms with Crippen LogP contribution in [0.1, 0.15) is 48.0 Å². The molecule has 0 aliphatic rings. The van der Waals surface area contributed by atoms with Crippen LogP contribution in [0.5, 0.6) is 0 Å². The average molecular weight is 269 g/mol. The van der Waals surface area contributed by atoms with Crippen LogP contribution in [0, 0.1) is 19.8 Å². The minimum atomic E-state index is -0.581. The normalized spacial score (nSPS) is 12.7. The number of aliphatic hydroxyl groups is 1. The fourth-order valence-electron chi connectivity index (χ4n) is 2.58. The molecule has 0 amide bonds. The summed E-state index contributed by atoms with van der Waals surface area (Å²) in [6, 6.07) is 12.1. The van der Waals surface area contributed by atoms with Gasteiger partial charge >= 0.3 is 0 Å². The van der Waals surface area contributed by atoms with Gasteiger partial charge in [-0.15, -0.1) is 0 Å². The largest absolute Gasteiger partial charge is 0.384 e. The predicted molar refractivity (Wildman–Crippen MR) is 82.8 cm³/mol. The number of aliphatic hydroxyl groups excluding tert-OH is 1.